The standard InChI is InChI=1S/C16H18N2O3/c1-20-16(19)14-4-5-15(18-11-14)12-21-10-2-3-13-6-8-17-9-7-13/h4-9,11H,2-3,10,12H2,1H3. The van der Waals surface area contributed by atoms with Crippen LogP contribution in [0.5, 0.6) is 0 Å². The van der Waals surface area contributed by atoms with Gasteiger partial charge in [-0.25, -0.2) is 4.79 Å². The van der Waals surface area contributed by atoms with Crippen LogP contribution in [0.1, 0.15) is 28.0 Å². The second kappa shape index (κ2) is 8.11. The van der Waals surface area contributed by atoms with Crippen LogP contribution < -0.4 is 0 Å². The number of carbonyl (C=O) groups excluding carboxylic acids is 1. The topological polar surface area (TPSA) is 61.3 Å². The maximum Gasteiger partial charge on any atom is 0.339 e. The predicted octanol–water partition coefficient (Wildman–Crippen LogP) is 2.41. The Morgan fingerprint density at radius 1 is 1.19 bits per heavy atom. The summed E-state index contributed by atoms with van der Waals surface area (Å²) in [6.45, 7) is 1.11. The Labute approximate surface area is 124 Å². The Hall–Kier alpha value is -2.27. The minimum absolute atomic E-state index is 0.382. The first kappa shape index (κ1) is 15.1. The van der Waals surface area contributed by atoms with Crippen molar-refractivity contribution in [1.29, 1.82) is 0 Å². The summed E-state index contributed by atoms with van der Waals surface area (Å²) >= 11 is 0. The minimum Gasteiger partial charge on any atom is -0.465 e. The highest BCUT2D eigenvalue weighted by molar-refractivity contribution is 5.88. The fourth-order valence-corrected chi connectivity index (χ4v) is 1.85. The first-order chi connectivity index (χ1) is 10.3. The van der Waals surface area contributed by atoms with Crippen molar-refractivity contribution in [2.75, 3.05) is 13.7 Å². The maximum absolute atomic E-state index is 11.3. The van der Waals surface area contributed by atoms with E-state index in [2.05, 4.69) is 14.7 Å². The molecule has 110 valence electrons. The van der Waals surface area contributed by atoms with E-state index >= 15 is 0 Å². The average molecular weight is 286 g/mol. The molecule has 0 bridgehead atoms. The summed E-state index contributed by atoms with van der Waals surface area (Å²) in [6.07, 6.45) is 7.01. The Kier molecular flexibility index (Phi) is 5.84. The van der Waals surface area contributed by atoms with E-state index < -0.39 is 0 Å². The lowest BCUT2D eigenvalue weighted by atomic mass is 10.1. The van der Waals surface area contributed by atoms with Crippen molar-refractivity contribution in [1.82, 2.24) is 9.97 Å². The van der Waals surface area contributed by atoms with Crippen LogP contribution in [0.25, 0.3) is 0 Å². The molecule has 0 spiro atoms. The molecule has 0 aliphatic carbocycles. The summed E-state index contributed by atoms with van der Waals surface area (Å²) in [6, 6.07) is 7.48. The van der Waals surface area contributed by atoms with Gasteiger partial charge in [0.2, 0.25) is 0 Å². The smallest absolute Gasteiger partial charge is 0.339 e. The molecule has 2 heterocycles. The van der Waals surface area contributed by atoms with E-state index in [0.29, 0.717) is 18.8 Å². The Morgan fingerprint density at radius 3 is 2.67 bits per heavy atom. The number of carbonyl (C=O) groups is 1. The van der Waals surface area contributed by atoms with Gasteiger partial charge in [0.25, 0.3) is 0 Å². The number of ether oxygens (including phenoxy) is 2. The number of hydrogen-bond acceptors (Lipinski definition) is 5. The summed E-state index contributed by atoms with van der Waals surface area (Å²) < 4.78 is 10.2. The second-order valence-electron chi connectivity index (χ2n) is 4.54. The molecular weight excluding hydrogens is 268 g/mol. The van der Waals surface area contributed by atoms with Crippen LogP contribution in [0.3, 0.4) is 0 Å². The molecule has 2 aromatic heterocycles. The molecule has 0 saturated heterocycles. The summed E-state index contributed by atoms with van der Waals surface area (Å²) in [5.74, 6) is -0.382. The molecule has 0 aliphatic rings. The molecule has 0 aliphatic heterocycles. The highest BCUT2D eigenvalue weighted by Crippen LogP contribution is 2.05. The van der Waals surface area contributed by atoms with Gasteiger partial charge in [0.05, 0.1) is 25.0 Å². The molecule has 0 unspecified atom stereocenters. The molecule has 21 heavy (non-hydrogen) atoms. The van der Waals surface area contributed by atoms with Crippen molar-refractivity contribution in [2.45, 2.75) is 19.4 Å². The molecule has 5 nitrogen and oxygen atoms in total. The summed E-state index contributed by atoms with van der Waals surface area (Å²) in [5, 5.41) is 0. The van der Waals surface area contributed by atoms with Crippen LogP contribution in [-0.2, 0) is 22.5 Å². The third kappa shape index (κ3) is 4.96. The third-order valence-electron chi connectivity index (χ3n) is 3.00. The zero-order valence-electron chi connectivity index (χ0n) is 12.0. The summed E-state index contributed by atoms with van der Waals surface area (Å²) in [4.78, 5) is 19.4. The molecular formula is C16H18N2O3. The fraction of sp³-hybridized carbons (Fsp3) is 0.312. The van der Waals surface area contributed by atoms with E-state index in [-0.39, 0.29) is 5.97 Å². The van der Waals surface area contributed by atoms with E-state index in [1.54, 1.807) is 24.5 Å². The SMILES string of the molecule is COC(=O)c1ccc(COCCCc2ccncc2)nc1. The second-order valence-corrected chi connectivity index (χ2v) is 4.54. The molecule has 2 aromatic rings. The van der Waals surface area contributed by atoms with E-state index in [4.69, 9.17) is 4.74 Å². The molecule has 0 fully saturated rings. The van der Waals surface area contributed by atoms with Crippen molar-refractivity contribution in [3.05, 3.63) is 59.7 Å². The van der Waals surface area contributed by atoms with Crippen molar-refractivity contribution in [3.63, 3.8) is 0 Å². The van der Waals surface area contributed by atoms with Gasteiger partial charge < -0.3 is 9.47 Å². The predicted molar refractivity (Wildman–Crippen MR) is 77.8 cm³/mol. The average Bonchev–Trinajstić information content (AvgIpc) is 2.55. The number of methoxy groups -OCH3 is 1. The molecule has 5 heteroatoms. The zero-order chi connectivity index (χ0) is 14.9. The van der Waals surface area contributed by atoms with Gasteiger partial charge in [-0.1, -0.05) is 0 Å². The number of pyridine rings is 2. The lowest BCUT2D eigenvalue weighted by molar-refractivity contribution is 0.0600. The van der Waals surface area contributed by atoms with Crippen LogP contribution in [-0.4, -0.2) is 29.7 Å². The zero-order valence-corrected chi connectivity index (χ0v) is 12.0. The number of nitrogens with zero attached hydrogens (tertiary/aromatic N) is 2. The van der Waals surface area contributed by atoms with Crippen LogP contribution in [0.15, 0.2) is 42.9 Å². The lowest BCUT2D eigenvalue weighted by Crippen LogP contribution is -2.04. The number of esters is 1. The molecule has 0 saturated carbocycles. The third-order valence-corrected chi connectivity index (χ3v) is 3.00. The van der Waals surface area contributed by atoms with Crippen molar-refractivity contribution >= 4 is 5.97 Å². The molecule has 0 atom stereocenters. The Balaban J connectivity index is 1.68. The maximum atomic E-state index is 11.3. The van der Waals surface area contributed by atoms with E-state index in [0.717, 1.165) is 18.5 Å². The largest absolute Gasteiger partial charge is 0.465 e. The van der Waals surface area contributed by atoms with Gasteiger partial charge in [-0.15, -0.1) is 0 Å². The van der Waals surface area contributed by atoms with Gasteiger partial charge in [0, 0.05) is 25.2 Å². The van der Waals surface area contributed by atoms with Crippen LogP contribution >= 0.6 is 0 Å². The number of hydrogen-bond donors (Lipinski definition) is 0. The normalized spacial score (nSPS) is 10.3. The highest BCUT2D eigenvalue weighted by atomic mass is 16.5. The van der Waals surface area contributed by atoms with E-state index in [1.165, 1.54) is 18.9 Å². The highest BCUT2D eigenvalue weighted by Gasteiger charge is 2.05. The minimum atomic E-state index is -0.382. The number of rotatable bonds is 7. The Morgan fingerprint density at radius 2 is 2.00 bits per heavy atom. The molecule has 2 rings (SSSR count). The molecule has 0 N–H and O–H groups in total. The van der Waals surface area contributed by atoms with Crippen LogP contribution in [0.2, 0.25) is 0 Å². The Bertz CT molecular complexity index is 555. The fourth-order valence-electron chi connectivity index (χ4n) is 1.85. The van der Waals surface area contributed by atoms with Gasteiger partial charge in [-0.3, -0.25) is 9.97 Å². The van der Waals surface area contributed by atoms with Gasteiger partial charge in [-0.2, -0.15) is 0 Å². The van der Waals surface area contributed by atoms with Crippen molar-refractivity contribution in [2.24, 2.45) is 0 Å². The van der Waals surface area contributed by atoms with Gasteiger partial charge in [0.15, 0.2) is 0 Å². The summed E-state index contributed by atoms with van der Waals surface area (Å²) in [7, 11) is 1.35. The first-order valence-electron chi connectivity index (χ1n) is 6.79. The van der Waals surface area contributed by atoms with Gasteiger partial charge >= 0.3 is 5.97 Å². The monoisotopic (exact) mass is 286 g/mol. The summed E-state index contributed by atoms with van der Waals surface area (Å²) in [5.41, 5.74) is 2.50. The van der Waals surface area contributed by atoms with Crippen LogP contribution in [0.4, 0.5) is 0 Å². The molecule has 0 aromatic carbocycles. The van der Waals surface area contributed by atoms with Crippen LogP contribution in [0, 0.1) is 0 Å². The quantitative estimate of drug-likeness (QED) is 0.578. The van der Waals surface area contributed by atoms with E-state index in [9.17, 15) is 4.79 Å². The molecule has 0 radical (unpaired) electrons. The van der Waals surface area contributed by atoms with Gasteiger partial charge in [-0.05, 0) is 42.7 Å². The van der Waals surface area contributed by atoms with Crippen molar-refractivity contribution < 1.29 is 14.3 Å². The first-order valence-corrected chi connectivity index (χ1v) is 6.79. The number of aromatic nitrogens is 2. The molecule has 0 amide bonds. The van der Waals surface area contributed by atoms with E-state index in [1.807, 2.05) is 12.1 Å². The number of aryl methyl sites for hydroxylation is 1. The lowest BCUT2D eigenvalue weighted by Gasteiger charge is -2.05. The van der Waals surface area contributed by atoms with Gasteiger partial charge in [0.1, 0.15) is 0 Å². The van der Waals surface area contributed by atoms with Crippen molar-refractivity contribution in [3.8, 4) is 0 Å².